The van der Waals surface area contributed by atoms with Gasteiger partial charge in [-0.2, -0.15) is 0 Å². The van der Waals surface area contributed by atoms with E-state index in [4.69, 9.17) is 0 Å². The minimum absolute atomic E-state index is 0.0611. The zero-order valence-electron chi connectivity index (χ0n) is 20.6. The summed E-state index contributed by atoms with van der Waals surface area (Å²) in [5.74, 6) is 0. The van der Waals surface area contributed by atoms with Crippen LogP contribution in [0.4, 0.5) is 0 Å². The molecule has 0 unspecified atom stereocenters. The van der Waals surface area contributed by atoms with Crippen molar-refractivity contribution in [2.24, 2.45) is 0 Å². The van der Waals surface area contributed by atoms with Crippen molar-refractivity contribution < 1.29 is 0 Å². The first kappa shape index (κ1) is 24.0. The Morgan fingerprint density at radius 2 is 1.21 bits per heavy atom. The molecule has 3 rings (SSSR count). The molecular weight excluding hydrogens is 386 g/mol. The van der Waals surface area contributed by atoms with Gasteiger partial charge < -0.3 is 0 Å². The van der Waals surface area contributed by atoms with E-state index in [1.165, 1.54) is 70.6 Å². The van der Waals surface area contributed by atoms with Crippen LogP contribution in [-0.2, 0) is 0 Å². The van der Waals surface area contributed by atoms with Crippen LogP contribution in [0.1, 0.15) is 119 Å². The molecule has 0 radical (unpaired) electrons. The summed E-state index contributed by atoms with van der Waals surface area (Å²) in [5.41, 5.74) is 4.61. The molecule has 0 saturated heterocycles. The molecule has 2 heteroatoms. The highest BCUT2D eigenvalue weighted by Crippen LogP contribution is 2.68. The monoisotopic (exact) mass is 434 g/mol. The molecule has 2 saturated carbocycles. The number of allylic oxidation sites excluding steroid dienone is 4. The molecule has 0 aromatic carbocycles. The highest BCUT2D eigenvalue weighted by atomic mass is 31.1. The van der Waals surface area contributed by atoms with Gasteiger partial charge in [0, 0.05) is 5.66 Å². The van der Waals surface area contributed by atoms with Crippen molar-refractivity contribution in [3.63, 3.8) is 0 Å². The van der Waals surface area contributed by atoms with Gasteiger partial charge in [-0.15, -0.1) is 0 Å². The molecule has 0 amide bonds. The van der Waals surface area contributed by atoms with E-state index in [2.05, 4.69) is 60.6 Å². The minimum Gasteiger partial charge on any atom is -0.0882 e. The summed E-state index contributed by atoms with van der Waals surface area (Å²) in [5, 5.41) is 2.77. The van der Waals surface area contributed by atoms with Crippen molar-refractivity contribution in [2.75, 3.05) is 0 Å². The summed E-state index contributed by atoms with van der Waals surface area (Å²) in [4.78, 5) is 0. The van der Waals surface area contributed by atoms with Crippen molar-refractivity contribution in [2.45, 2.75) is 146 Å². The van der Waals surface area contributed by atoms with E-state index in [1.807, 2.05) is 10.9 Å². The summed E-state index contributed by atoms with van der Waals surface area (Å²) in [6.07, 6.45) is 21.5. The quantitative estimate of drug-likeness (QED) is 0.378. The Kier molecular flexibility index (Phi) is 8.16. The van der Waals surface area contributed by atoms with Crippen LogP contribution >= 0.6 is 15.8 Å². The summed E-state index contributed by atoms with van der Waals surface area (Å²) in [6, 6.07) is 0. The van der Waals surface area contributed by atoms with Crippen LogP contribution in [0, 0.1) is 0 Å². The zero-order valence-corrected chi connectivity index (χ0v) is 22.3. The molecule has 0 heterocycles. The van der Waals surface area contributed by atoms with Crippen LogP contribution in [0.2, 0.25) is 0 Å². The second kappa shape index (κ2) is 9.86. The van der Waals surface area contributed by atoms with E-state index in [9.17, 15) is 0 Å². The molecule has 29 heavy (non-hydrogen) atoms. The van der Waals surface area contributed by atoms with E-state index in [0.29, 0.717) is 10.3 Å². The van der Waals surface area contributed by atoms with Gasteiger partial charge in [0.15, 0.2) is 0 Å². The number of rotatable bonds is 5. The summed E-state index contributed by atoms with van der Waals surface area (Å²) >= 11 is 0. The highest BCUT2D eigenvalue weighted by Gasteiger charge is 2.42. The summed E-state index contributed by atoms with van der Waals surface area (Å²) in [6.45, 7) is 17.6. The van der Waals surface area contributed by atoms with Gasteiger partial charge in [0.25, 0.3) is 0 Å². The van der Waals surface area contributed by atoms with Crippen LogP contribution in [0.5, 0.6) is 0 Å². The Hall–Kier alpha value is 0.340. The van der Waals surface area contributed by atoms with Crippen molar-refractivity contribution in [3.8, 4) is 0 Å². The maximum absolute atomic E-state index is 2.60. The smallest absolute Gasteiger partial charge is 0.00260 e. The molecule has 166 valence electrons. The lowest BCUT2D eigenvalue weighted by molar-refractivity contribution is 0.485. The van der Waals surface area contributed by atoms with Gasteiger partial charge in [-0.25, -0.2) is 0 Å². The Bertz CT molecular complexity index is 557. The van der Waals surface area contributed by atoms with Gasteiger partial charge in [-0.05, 0) is 64.6 Å². The predicted molar refractivity (Wildman–Crippen MR) is 137 cm³/mol. The van der Waals surface area contributed by atoms with Crippen LogP contribution in [-0.4, -0.2) is 27.3 Å². The van der Waals surface area contributed by atoms with E-state index in [1.54, 1.807) is 0 Å². The summed E-state index contributed by atoms with van der Waals surface area (Å²) < 4.78 is 0. The highest BCUT2D eigenvalue weighted by molar-refractivity contribution is 7.64. The molecular formula is C27H48P2. The van der Waals surface area contributed by atoms with Crippen LogP contribution in [0.3, 0.4) is 0 Å². The van der Waals surface area contributed by atoms with Crippen molar-refractivity contribution in [1.29, 1.82) is 0 Å². The molecule has 3 aliphatic rings. The van der Waals surface area contributed by atoms with Crippen LogP contribution in [0.25, 0.3) is 0 Å². The molecule has 0 aliphatic heterocycles. The van der Waals surface area contributed by atoms with Crippen molar-refractivity contribution in [3.05, 3.63) is 23.0 Å². The number of hydrogen-bond acceptors (Lipinski definition) is 0. The average molecular weight is 435 g/mol. The second-order valence-electron chi connectivity index (χ2n) is 11.9. The SMILES string of the molecule is C[C@@H](C1=C(P(C2CCCCC2)C2CCCCC2)CC=C1)P(C(C)(C)C)C(C)(C)C. The normalized spacial score (nSPS) is 24.2. The third-order valence-corrected chi connectivity index (χ3v) is 15.1. The topological polar surface area (TPSA) is 0 Å². The first-order chi connectivity index (χ1) is 13.6. The Labute approximate surface area is 185 Å². The third kappa shape index (κ3) is 5.78. The standard InChI is InChI=1S/C27H48P2/c1-21(29(26(2,3)4)27(5,6)7)24-19-14-20-25(24)28(22-15-10-8-11-16-22)23-17-12-9-13-18-23/h14,19,21-23H,8-13,15-18,20H2,1-7H3/t21-/m0/s1. The molecule has 1 atom stereocenters. The molecule has 2 fully saturated rings. The Balaban J connectivity index is 1.97. The first-order valence-electron chi connectivity index (χ1n) is 12.6. The van der Waals surface area contributed by atoms with Gasteiger partial charge in [-0.3, -0.25) is 0 Å². The first-order valence-corrected chi connectivity index (χ1v) is 15.5. The maximum Gasteiger partial charge on any atom is 0.00260 e. The van der Waals surface area contributed by atoms with E-state index < -0.39 is 0 Å². The molecule has 0 N–H and O–H groups in total. The second-order valence-corrected chi connectivity index (χ2v) is 18.9. The summed E-state index contributed by atoms with van der Waals surface area (Å²) in [7, 11) is -0.0389. The van der Waals surface area contributed by atoms with E-state index >= 15 is 0 Å². The average Bonchev–Trinajstić information content (AvgIpc) is 3.11. The van der Waals surface area contributed by atoms with Gasteiger partial charge in [0.1, 0.15) is 0 Å². The molecule has 0 bridgehead atoms. The van der Waals surface area contributed by atoms with E-state index in [-0.39, 0.29) is 15.8 Å². The van der Waals surface area contributed by atoms with E-state index in [0.717, 1.165) is 17.0 Å². The molecule has 0 nitrogen and oxygen atoms in total. The molecule has 3 aliphatic carbocycles. The largest absolute Gasteiger partial charge is 0.0882 e. The maximum atomic E-state index is 2.60. The lowest BCUT2D eigenvalue weighted by Gasteiger charge is -2.47. The fourth-order valence-electron chi connectivity index (χ4n) is 6.91. The fraction of sp³-hybridized carbons (Fsp3) is 0.852. The van der Waals surface area contributed by atoms with Crippen molar-refractivity contribution in [1.82, 2.24) is 0 Å². The lowest BCUT2D eigenvalue weighted by Crippen LogP contribution is -2.31. The van der Waals surface area contributed by atoms with Gasteiger partial charge in [-0.1, -0.05) is 115 Å². The fourth-order valence-corrected chi connectivity index (χ4v) is 16.1. The van der Waals surface area contributed by atoms with Crippen LogP contribution in [0.15, 0.2) is 23.0 Å². The van der Waals surface area contributed by atoms with Gasteiger partial charge in [0.05, 0.1) is 0 Å². The Morgan fingerprint density at radius 1 is 0.759 bits per heavy atom. The minimum atomic E-state index is -0.100. The molecule has 0 spiro atoms. The Morgan fingerprint density at radius 3 is 1.62 bits per heavy atom. The van der Waals surface area contributed by atoms with Gasteiger partial charge in [0.2, 0.25) is 0 Å². The lowest BCUT2D eigenvalue weighted by atomic mass is 9.99. The van der Waals surface area contributed by atoms with Crippen molar-refractivity contribution >= 4 is 15.8 Å². The molecule has 0 aromatic heterocycles. The number of hydrogen-bond donors (Lipinski definition) is 0. The zero-order chi connectivity index (χ0) is 21.2. The van der Waals surface area contributed by atoms with Crippen LogP contribution < -0.4 is 0 Å². The predicted octanol–water partition coefficient (Wildman–Crippen LogP) is 9.82. The third-order valence-electron chi connectivity index (χ3n) is 7.47. The van der Waals surface area contributed by atoms with Gasteiger partial charge >= 0.3 is 0 Å². The molecule has 0 aromatic rings.